The zero-order chi connectivity index (χ0) is 18.1. The van der Waals surface area contributed by atoms with E-state index in [0.717, 1.165) is 22.6 Å². The van der Waals surface area contributed by atoms with Gasteiger partial charge in [-0.3, -0.25) is 0 Å². The molecule has 2 aromatic carbocycles. The van der Waals surface area contributed by atoms with Crippen LogP contribution in [0.1, 0.15) is 18.7 Å². The zero-order valence-corrected chi connectivity index (χ0v) is 15.4. The maximum Gasteiger partial charge on any atom is 0.247 e. The van der Waals surface area contributed by atoms with Crippen LogP contribution in [0.15, 0.2) is 47.6 Å². The van der Waals surface area contributed by atoms with Gasteiger partial charge in [-0.15, -0.1) is 10.2 Å². The summed E-state index contributed by atoms with van der Waals surface area (Å²) >= 11 is 7.56. The summed E-state index contributed by atoms with van der Waals surface area (Å²) in [6.45, 7) is 2.03. The van der Waals surface area contributed by atoms with E-state index in [1.54, 1.807) is 12.1 Å². The van der Waals surface area contributed by atoms with Crippen molar-refractivity contribution in [3.63, 3.8) is 0 Å². The molecule has 2 N–H and O–H groups in total. The van der Waals surface area contributed by atoms with Gasteiger partial charge >= 0.3 is 0 Å². The van der Waals surface area contributed by atoms with Crippen LogP contribution in [-0.4, -0.2) is 26.0 Å². The molecule has 1 unspecified atom stereocenters. The maximum atomic E-state index is 9.68. The lowest BCUT2D eigenvalue weighted by atomic mass is 10.1. The van der Waals surface area contributed by atoms with Gasteiger partial charge in [0, 0.05) is 16.8 Å². The molecule has 8 heteroatoms. The van der Waals surface area contributed by atoms with E-state index >= 15 is 0 Å². The van der Waals surface area contributed by atoms with Crippen LogP contribution in [0.3, 0.4) is 0 Å². The van der Waals surface area contributed by atoms with Gasteiger partial charge in [0.05, 0.1) is 5.02 Å². The molecule has 132 valence electrons. The molecular formula is C18H15ClN4O2S. The maximum absolute atomic E-state index is 9.68. The Morgan fingerprint density at radius 2 is 2.08 bits per heavy atom. The van der Waals surface area contributed by atoms with Gasteiger partial charge in [0.15, 0.2) is 11.9 Å². The second-order valence-electron chi connectivity index (χ2n) is 5.58. The number of phenols is 1. The number of aromatic nitrogens is 3. The second-order valence-corrected chi connectivity index (χ2v) is 7.22. The number of fused-ring (bicyclic) bond motifs is 3. The van der Waals surface area contributed by atoms with E-state index in [-0.39, 0.29) is 10.8 Å². The number of ether oxygens (including phenoxy) is 1. The Labute approximate surface area is 159 Å². The largest absolute Gasteiger partial charge is 0.506 e. The van der Waals surface area contributed by atoms with Gasteiger partial charge in [-0.05, 0) is 30.0 Å². The first-order valence-electron chi connectivity index (χ1n) is 8.04. The molecule has 0 aliphatic carbocycles. The standard InChI is InChI=1S/C18H15ClN4O2S/c1-2-26-18-21-17-15(22-23-18)11-5-3-4-6-13(11)20-16(25-17)10-7-8-14(24)12(19)9-10/h3-9,16,20,24H,2H2,1H3. The van der Waals surface area contributed by atoms with E-state index in [1.165, 1.54) is 17.8 Å². The first-order valence-corrected chi connectivity index (χ1v) is 9.40. The molecule has 0 radical (unpaired) electrons. The summed E-state index contributed by atoms with van der Waals surface area (Å²) in [4.78, 5) is 4.52. The fourth-order valence-corrected chi connectivity index (χ4v) is 3.37. The number of nitrogens with one attached hydrogen (secondary N) is 1. The number of halogens is 1. The molecule has 1 aromatic heterocycles. The van der Waals surface area contributed by atoms with Gasteiger partial charge < -0.3 is 15.2 Å². The van der Waals surface area contributed by atoms with E-state index in [9.17, 15) is 5.11 Å². The Kier molecular flexibility index (Phi) is 4.57. The highest BCUT2D eigenvalue weighted by Gasteiger charge is 2.26. The van der Waals surface area contributed by atoms with Crippen molar-refractivity contribution in [2.75, 3.05) is 11.1 Å². The van der Waals surface area contributed by atoms with Crippen LogP contribution >= 0.6 is 23.4 Å². The number of para-hydroxylation sites is 1. The zero-order valence-electron chi connectivity index (χ0n) is 13.8. The van der Waals surface area contributed by atoms with Crippen molar-refractivity contribution >= 4 is 29.1 Å². The van der Waals surface area contributed by atoms with E-state index in [0.29, 0.717) is 16.7 Å². The third kappa shape index (κ3) is 3.15. The van der Waals surface area contributed by atoms with Crippen LogP contribution in [0, 0.1) is 0 Å². The van der Waals surface area contributed by atoms with Crippen LogP contribution in [0.25, 0.3) is 11.3 Å². The van der Waals surface area contributed by atoms with Crippen molar-refractivity contribution in [2.45, 2.75) is 18.3 Å². The predicted octanol–water partition coefficient (Wildman–Crippen LogP) is 4.51. The average molecular weight is 387 g/mol. The number of hydrogen-bond donors (Lipinski definition) is 2. The molecule has 0 fully saturated rings. The molecule has 6 nitrogen and oxygen atoms in total. The number of benzene rings is 2. The fourth-order valence-electron chi connectivity index (χ4n) is 2.67. The van der Waals surface area contributed by atoms with Crippen LogP contribution in [-0.2, 0) is 0 Å². The Hall–Kier alpha value is -2.51. The highest BCUT2D eigenvalue weighted by atomic mass is 35.5. The van der Waals surface area contributed by atoms with Gasteiger partial charge in [-0.2, -0.15) is 4.98 Å². The van der Waals surface area contributed by atoms with Crippen molar-refractivity contribution in [1.82, 2.24) is 15.2 Å². The van der Waals surface area contributed by atoms with Crippen molar-refractivity contribution in [3.05, 3.63) is 53.1 Å². The molecule has 1 aliphatic heterocycles. The van der Waals surface area contributed by atoms with E-state index in [1.807, 2.05) is 31.2 Å². The number of thioether (sulfide) groups is 1. The molecular weight excluding hydrogens is 372 g/mol. The number of aromatic hydroxyl groups is 1. The van der Waals surface area contributed by atoms with Crippen LogP contribution in [0.5, 0.6) is 11.6 Å². The minimum Gasteiger partial charge on any atom is -0.506 e. The van der Waals surface area contributed by atoms with E-state index in [4.69, 9.17) is 16.3 Å². The third-order valence-electron chi connectivity index (χ3n) is 3.88. The van der Waals surface area contributed by atoms with Crippen molar-refractivity contribution in [2.24, 2.45) is 0 Å². The molecule has 1 atom stereocenters. The summed E-state index contributed by atoms with van der Waals surface area (Å²) in [6, 6.07) is 12.7. The summed E-state index contributed by atoms with van der Waals surface area (Å²) in [5.41, 5.74) is 3.06. The molecule has 0 spiro atoms. The lowest BCUT2D eigenvalue weighted by molar-refractivity contribution is 0.225. The van der Waals surface area contributed by atoms with Gasteiger partial charge in [-0.1, -0.05) is 48.5 Å². The smallest absolute Gasteiger partial charge is 0.247 e. The Morgan fingerprint density at radius 1 is 1.23 bits per heavy atom. The van der Waals surface area contributed by atoms with Gasteiger partial charge in [-0.25, -0.2) is 0 Å². The topological polar surface area (TPSA) is 80.2 Å². The number of rotatable bonds is 3. The molecule has 0 amide bonds. The molecule has 2 heterocycles. The monoisotopic (exact) mass is 386 g/mol. The highest BCUT2D eigenvalue weighted by Crippen LogP contribution is 2.40. The average Bonchev–Trinajstić information content (AvgIpc) is 2.81. The number of nitrogens with zero attached hydrogens (tertiary/aromatic N) is 3. The molecule has 3 aromatic rings. The molecule has 0 saturated heterocycles. The van der Waals surface area contributed by atoms with Crippen molar-refractivity contribution in [1.29, 1.82) is 0 Å². The fraction of sp³-hybridized carbons (Fsp3) is 0.167. The molecule has 0 saturated carbocycles. The summed E-state index contributed by atoms with van der Waals surface area (Å²) in [5.74, 6) is 1.27. The van der Waals surface area contributed by atoms with Crippen molar-refractivity contribution < 1.29 is 9.84 Å². The Bertz CT molecular complexity index is 970. The minimum absolute atomic E-state index is 0.0236. The second kappa shape index (κ2) is 7.01. The highest BCUT2D eigenvalue weighted by molar-refractivity contribution is 7.99. The molecule has 1 aliphatic rings. The molecule has 0 bridgehead atoms. The summed E-state index contributed by atoms with van der Waals surface area (Å²) in [5, 5.41) is 22.4. The minimum atomic E-state index is -0.535. The van der Waals surface area contributed by atoms with E-state index in [2.05, 4.69) is 20.5 Å². The summed E-state index contributed by atoms with van der Waals surface area (Å²) in [6.07, 6.45) is -0.535. The summed E-state index contributed by atoms with van der Waals surface area (Å²) < 4.78 is 6.13. The quantitative estimate of drug-likeness (QED) is 0.641. The number of phenolic OH excluding ortho intramolecular Hbond substituents is 1. The summed E-state index contributed by atoms with van der Waals surface area (Å²) in [7, 11) is 0. The van der Waals surface area contributed by atoms with Crippen molar-refractivity contribution in [3.8, 4) is 22.9 Å². The van der Waals surface area contributed by atoms with Gasteiger partial charge in [0.1, 0.15) is 5.75 Å². The molecule has 26 heavy (non-hydrogen) atoms. The normalized spacial score (nSPS) is 15.2. The predicted molar refractivity (Wildman–Crippen MR) is 102 cm³/mol. The van der Waals surface area contributed by atoms with E-state index < -0.39 is 6.23 Å². The third-order valence-corrected chi connectivity index (χ3v) is 4.90. The van der Waals surface area contributed by atoms with Gasteiger partial charge in [0.2, 0.25) is 11.0 Å². The van der Waals surface area contributed by atoms with Crippen LogP contribution in [0.4, 0.5) is 5.69 Å². The number of hydrogen-bond acceptors (Lipinski definition) is 7. The number of anilines is 1. The van der Waals surface area contributed by atoms with Crippen LogP contribution < -0.4 is 10.1 Å². The molecule has 4 rings (SSSR count). The lowest BCUT2D eigenvalue weighted by Crippen LogP contribution is -2.17. The van der Waals surface area contributed by atoms with Crippen LogP contribution in [0.2, 0.25) is 5.02 Å². The first-order chi connectivity index (χ1) is 12.7. The lowest BCUT2D eigenvalue weighted by Gasteiger charge is -2.19. The Morgan fingerprint density at radius 3 is 2.88 bits per heavy atom. The SMILES string of the molecule is CCSc1nnc2c(n1)OC(c1ccc(O)c(Cl)c1)Nc1ccccc1-2. The Balaban J connectivity index is 1.83. The van der Waals surface area contributed by atoms with Gasteiger partial charge in [0.25, 0.3) is 0 Å². The first kappa shape index (κ1) is 16.9.